The second-order valence-electron chi connectivity index (χ2n) is 3.47. The van der Waals surface area contributed by atoms with Gasteiger partial charge in [-0.25, -0.2) is 4.68 Å². The number of benzene rings is 1. The summed E-state index contributed by atoms with van der Waals surface area (Å²) in [5, 5.41) is 10.0. The molecule has 0 saturated carbocycles. The fourth-order valence-corrected chi connectivity index (χ4v) is 2.23. The van der Waals surface area contributed by atoms with Crippen molar-refractivity contribution in [3.05, 3.63) is 36.0 Å². The number of rotatable bonds is 0. The Morgan fingerprint density at radius 1 is 1.40 bits per heavy atom. The second kappa shape index (κ2) is 3.31. The van der Waals surface area contributed by atoms with Gasteiger partial charge in [0.25, 0.3) is 0 Å². The third-order valence-corrected chi connectivity index (χ3v) is 3.18. The van der Waals surface area contributed by atoms with Crippen LogP contribution in [0.3, 0.4) is 0 Å². The first-order valence-electron chi connectivity index (χ1n) is 4.85. The number of para-hydroxylation sites is 1. The van der Waals surface area contributed by atoms with E-state index in [2.05, 4.69) is 34.7 Å². The van der Waals surface area contributed by atoms with Crippen LogP contribution in [0.15, 0.2) is 35.4 Å². The lowest BCUT2D eigenvalue weighted by Crippen LogP contribution is -2.26. The van der Waals surface area contributed by atoms with Crippen LogP contribution in [0.2, 0.25) is 0 Å². The molecule has 0 saturated heterocycles. The SMILES string of the molecule is CSC1=Nn2c(cc3ccccc32)CN1. The van der Waals surface area contributed by atoms with Crippen LogP contribution in [-0.4, -0.2) is 16.1 Å². The number of nitrogens with one attached hydrogen (secondary N) is 1. The van der Waals surface area contributed by atoms with Crippen LogP contribution in [0, 0.1) is 0 Å². The fourth-order valence-electron chi connectivity index (χ4n) is 1.85. The molecule has 15 heavy (non-hydrogen) atoms. The predicted molar refractivity (Wildman–Crippen MR) is 65.1 cm³/mol. The molecule has 1 aliphatic rings. The maximum Gasteiger partial charge on any atom is 0.181 e. The summed E-state index contributed by atoms with van der Waals surface area (Å²) in [5.74, 6) is 0. The molecule has 0 bridgehead atoms. The Hall–Kier alpha value is -1.42. The van der Waals surface area contributed by atoms with Crippen LogP contribution in [0.4, 0.5) is 0 Å². The lowest BCUT2D eigenvalue weighted by molar-refractivity contribution is 0.739. The van der Waals surface area contributed by atoms with Gasteiger partial charge >= 0.3 is 0 Å². The van der Waals surface area contributed by atoms with Crippen molar-refractivity contribution in [1.29, 1.82) is 0 Å². The maximum absolute atomic E-state index is 4.54. The van der Waals surface area contributed by atoms with Gasteiger partial charge in [0, 0.05) is 5.39 Å². The molecular weight excluding hydrogens is 206 g/mol. The van der Waals surface area contributed by atoms with Gasteiger partial charge in [0.2, 0.25) is 0 Å². The zero-order valence-electron chi connectivity index (χ0n) is 8.40. The summed E-state index contributed by atoms with van der Waals surface area (Å²) in [6.45, 7) is 0.856. The monoisotopic (exact) mass is 217 g/mol. The van der Waals surface area contributed by atoms with Crippen LogP contribution < -0.4 is 5.32 Å². The summed E-state index contributed by atoms with van der Waals surface area (Å²) in [5.41, 5.74) is 2.40. The first-order valence-corrected chi connectivity index (χ1v) is 6.07. The topological polar surface area (TPSA) is 29.3 Å². The summed E-state index contributed by atoms with van der Waals surface area (Å²) < 4.78 is 2.03. The van der Waals surface area contributed by atoms with Crippen molar-refractivity contribution in [3.63, 3.8) is 0 Å². The molecule has 0 unspecified atom stereocenters. The Kier molecular flexibility index (Phi) is 1.95. The van der Waals surface area contributed by atoms with Gasteiger partial charge in [-0.2, -0.15) is 0 Å². The maximum atomic E-state index is 4.54. The summed E-state index contributed by atoms with van der Waals surface area (Å²) >= 11 is 1.64. The number of hydrogen-bond donors (Lipinski definition) is 1. The van der Waals surface area contributed by atoms with E-state index in [1.165, 1.54) is 16.6 Å². The third-order valence-electron chi connectivity index (χ3n) is 2.56. The average molecular weight is 217 g/mol. The second-order valence-corrected chi connectivity index (χ2v) is 4.26. The van der Waals surface area contributed by atoms with E-state index in [1.54, 1.807) is 11.8 Å². The van der Waals surface area contributed by atoms with Crippen LogP contribution >= 0.6 is 11.8 Å². The summed E-state index contributed by atoms with van der Waals surface area (Å²) in [6.07, 6.45) is 2.03. The van der Waals surface area contributed by atoms with Crippen molar-refractivity contribution in [2.75, 3.05) is 6.26 Å². The quantitative estimate of drug-likeness (QED) is 0.733. The van der Waals surface area contributed by atoms with E-state index in [4.69, 9.17) is 0 Å². The minimum atomic E-state index is 0.856. The number of hydrogen-bond acceptors (Lipinski definition) is 3. The molecule has 0 amide bonds. The molecule has 1 N–H and O–H groups in total. The molecule has 3 rings (SSSR count). The molecule has 1 aromatic heterocycles. The molecule has 1 aliphatic heterocycles. The minimum absolute atomic E-state index is 0.856. The normalized spacial score (nSPS) is 14.6. The van der Waals surface area contributed by atoms with Crippen molar-refractivity contribution < 1.29 is 0 Å². The minimum Gasteiger partial charge on any atom is -0.358 e. The van der Waals surface area contributed by atoms with Crippen molar-refractivity contribution in [2.24, 2.45) is 5.10 Å². The Bertz CT molecular complexity index is 542. The summed E-state index contributed by atoms with van der Waals surface area (Å²) in [4.78, 5) is 0. The molecule has 0 aliphatic carbocycles. The van der Waals surface area contributed by atoms with E-state index < -0.39 is 0 Å². The molecule has 0 radical (unpaired) electrons. The zero-order chi connectivity index (χ0) is 10.3. The third kappa shape index (κ3) is 1.33. The van der Waals surface area contributed by atoms with Gasteiger partial charge in [0.1, 0.15) is 0 Å². The van der Waals surface area contributed by atoms with E-state index in [1.807, 2.05) is 17.0 Å². The molecular formula is C11H11N3S. The summed E-state index contributed by atoms with van der Waals surface area (Å²) in [6, 6.07) is 10.5. The predicted octanol–water partition coefficient (Wildman–Crippen LogP) is 2.23. The van der Waals surface area contributed by atoms with Gasteiger partial charge in [-0.1, -0.05) is 30.0 Å². The standard InChI is InChI=1S/C11H11N3S/c1-15-11-12-7-9-6-8-4-2-3-5-10(8)14(9)13-11/h2-6H,7H2,1H3,(H,12,13). The molecule has 3 nitrogen and oxygen atoms in total. The molecule has 2 heterocycles. The van der Waals surface area contributed by atoms with E-state index in [0.29, 0.717) is 0 Å². The van der Waals surface area contributed by atoms with Crippen molar-refractivity contribution in [2.45, 2.75) is 6.54 Å². The van der Waals surface area contributed by atoms with Crippen molar-refractivity contribution >= 4 is 27.8 Å². The van der Waals surface area contributed by atoms with E-state index in [0.717, 1.165) is 11.7 Å². The van der Waals surface area contributed by atoms with Gasteiger partial charge < -0.3 is 5.32 Å². The highest BCUT2D eigenvalue weighted by atomic mass is 32.2. The molecule has 4 heteroatoms. The highest BCUT2D eigenvalue weighted by Crippen LogP contribution is 2.22. The molecule has 76 valence electrons. The number of fused-ring (bicyclic) bond motifs is 3. The zero-order valence-corrected chi connectivity index (χ0v) is 9.21. The van der Waals surface area contributed by atoms with Gasteiger partial charge in [-0.3, -0.25) is 0 Å². The first-order chi connectivity index (χ1) is 7.38. The Morgan fingerprint density at radius 3 is 3.13 bits per heavy atom. The van der Waals surface area contributed by atoms with Crippen LogP contribution in [0.25, 0.3) is 10.9 Å². The van der Waals surface area contributed by atoms with Gasteiger partial charge in [0.05, 0.1) is 17.8 Å². The van der Waals surface area contributed by atoms with Crippen LogP contribution in [0.1, 0.15) is 5.69 Å². The molecule has 0 spiro atoms. The Balaban J connectivity index is 2.27. The highest BCUT2D eigenvalue weighted by Gasteiger charge is 2.13. The largest absolute Gasteiger partial charge is 0.358 e. The number of aromatic nitrogens is 1. The van der Waals surface area contributed by atoms with Crippen LogP contribution in [-0.2, 0) is 6.54 Å². The Labute approximate surface area is 92.2 Å². The fraction of sp³-hybridized carbons (Fsp3) is 0.182. The molecule has 0 fully saturated rings. The lowest BCUT2D eigenvalue weighted by Gasteiger charge is -2.15. The average Bonchev–Trinajstić information content (AvgIpc) is 2.66. The van der Waals surface area contributed by atoms with E-state index in [9.17, 15) is 0 Å². The van der Waals surface area contributed by atoms with Crippen LogP contribution in [0.5, 0.6) is 0 Å². The molecule has 2 aromatic rings. The smallest absolute Gasteiger partial charge is 0.181 e. The number of amidine groups is 1. The Morgan fingerprint density at radius 2 is 2.27 bits per heavy atom. The van der Waals surface area contributed by atoms with E-state index in [-0.39, 0.29) is 0 Å². The molecule has 0 atom stereocenters. The van der Waals surface area contributed by atoms with Gasteiger partial charge in [0.15, 0.2) is 5.17 Å². The van der Waals surface area contributed by atoms with E-state index >= 15 is 0 Å². The number of thioether (sulfide) groups is 1. The summed E-state index contributed by atoms with van der Waals surface area (Å²) in [7, 11) is 0. The first kappa shape index (κ1) is 8.85. The van der Waals surface area contributed by atoms with Crippen molar-refractivity contribution in [1.82, 2.24) is 9.99 Å². The van der Waals surface area contributed by atoms with Crippen molar-refractivity contribution in [3.8, 4) is 0 Å². The lowest BCUT2D eigenvalue weighted by atomic mass is 10.2. The van der Waals surface area contributed by atoms with Gasteiger partial charge in [-0.05, 0) is 18.4 Å². The number of nitrogens with zero attached hydrogens (tertiary/aromatic N) is 2. The highest BCUT2D eigenvalue weighted by molar-refractivity contribution is 8.13. The van der Waals surface area contributed by atoms with Gasteiger partial charge in [-0.15, -0.1) is 5.10 Å². The molecule has 1 aromatic carbocycles.